The molecule has 5 nitrogen and oxygen atoms in total. The third-order valence-corrected chi connectivity index (χ3v) is 4.49. The molecule has 2 rings (SSSR count). The summed E-state index contributed by atoms with van der Waals surface area (Å²) in [4.78, 5) is 24.2. The van der Waals surface area contributed by atoms with Crippen molar-refractivity contribution in [1.82, 2.24) is 16.0 Å². The highest BCUT2D eigenvalue weighted by atomic mass is 35.5. The molecule has 1 aromatic carbocycles. The Morgan fingerprint density at radius 1 is 1.20 bits per heavy atom. The minimum Gasteiger partial charge on any atom is -0.352 e. The maximum Gasteiger partial charge on any atom is 0.251 e. The fraction of sp³-hybridized carbons (Fsp3) is 0.579. The number of benzene rings is 1. The van der Waals surface area contributed by atoms with Crippen molar-refractivity contribution in [2.45, 2.75) is 52.1 Å². The van der Waals surface area contributed by atoms with Crippen LogP contribution in [0.25, 0.3) is 0 Å². The van der Waals surface area contributed by atoms with Gasteiger partial charge in [-0.2, -0.15) is 0 Å². The first-order valence-corrected chi connectivity index (χ1v) is 8.98. The Bertz CT molecular complexity index is 548. The number of carbonyl (C=O) groups is 2. The quantitative estimate of drug-likeness (QED) is 0.649. The zero-order chi connectivity index (χ0) is 17.4. The Hall–Kier alpha value is -1.59. The zero-order valence-electron chi connectivity index (χ0n) is 15.1. The summed E-state index contributed by atoms with van der Waals surface area (Å²) in [6.07, 6.45) is 3.84. The first kappa shape index (κ1) is 21.5. The van der Waals surface area contributed by atoms with E-state index in [0.29, 0.717) is 24.7 Å². The van der Waals surface area contributed by atoms with Gasteiger partial charge in [0.1, 0.15) is 0 Å². The molecule has 140 valence electrons. The molecule has 1 saturated heterocycles. The highest BCUT2D eigenvalue weighted by Crippen LogP contribution is 2.16. The molecular weight excluding hydrogens is 338 g/mol. The van der Waals surface area contributed by atoms with Gasteiger partial charge < -0.3 is 16.0 Å². The monoisotopic (exact) mass is 367 g/mol. The van der Waals surface area contributed by atoms with E-state index in [0.717, 1.165) is 37.8 Å². The van der Waals surface area contributed by atoms with Crippen LogP contribution in [-0.2, 0) is 11.3 Å². The average molecular weight is 368 g/mol. The number of piperidine rings is 1. The number of hydrogen-bond acceptors (Lipinski definition) is 3. The molecule has 1 aliphatic heterocycles. The Morgan fingerprint density at radius 3 is 2.56 bits per heavy atom. The van der Waals surface area contributed by atoms with E-state index in [1.54, 1.807) is 0 Å². The van der Waals surface area contributed by atoms with Crippen LogP contribution in [0.2, 0.25) is 0 Å². The Balaban J connectivity index is 0.00000312. The molecule has 0 bridgehead atoms. The maximum absolute atomic E-state index is 12.2. The smallest absolute Gasteiger partial charge is 0.251 e. The van der Waals surface area contributed by atoms with Crippen LogP contribution in [0.15, 0.2) is 24.3 Å². The first-order chi connectivity index (χ1) is 11.6. The zero-order valence-corrected chi connectivity index (χ0v) is 16.0. The lowest BCUT2D eigenvalue weighted by Crippen LogP contribution is -2.42. The van der Waals surface area contributed by atoms with E-state index < -0.39 is 0 Å². The van der Waals surface area contributed by atoms with Crippen molar-refractivity contribution in [3.05, 3.63) is 35.4 Å². The molecule has 1 aromatic rings. The molecule has 0 aromatic heterocycles. The fourth-order valence-corrected chi connectivity index (χ4v) is 2.96. The summed E-state index contributed by atoms with van der Waals surface area (Å²) >= 11 is 0. The van der Waals surface area contributed by atoms with Crippen LogP contribution in [-0.4, -0.2) is 30.9 Å². The molecule has 0 unspecified atom stereocenters. The second kappa shape index (κ2) is 11.1. The van der Waals surface area contributed by atoms with E-state index in [4.69, 9.17) is 0 Å². The molecule has 1 heterocycles. The van der Waals surface area contributed by atoms with Gasteiger partial charge in [0.05, 0.1) is 0 Å². The summed E-state index contributed by atoms with van der Waals surface area (Å²) in [5, 5.41) is 9.27. The van der Waals surface area contributed by atoms with Gasteiger partial charge in [0.25, 0.3) is 5.91 Å². The Labute approximate surface area is 156 Å². The van der Waals surface area contributed by atoms with Crippen molar-refractivity contribution in [3.8, 4) is 0 Å². The molecule has 2 atom stereocenters. The van der Waals surface area contributed by atoms with Crippen molar-refractivity contribution >= 4 is 24.2 Å². The van der Waals surface area contributed by atoms with Gasteiger partial charge >= 0.3 is 0 Å². The van der Waals surface area contributed by atoms with Crippen LogP contribution < -0.4 is 16.0 Å². The molecule has 0 saturated carbocycles. The van der Waals surface area contributed by atoms with Gasteiger partial charge in [-0.1, -0.05) is 25.5 Å². The van der Waals surface area contributed by atoms with E-state index in [1.807, 2.05) is 24.3 Å². The Morgan fingerprint density at radius 2 is 1.92 bits per heavy atom. The summed E-state index contributed by atoms with van der Waals surface area (Å²) in [5.41, 5.74) is 1.67. The molecule has 0 radical (unpaired) electrons. The van der Waals surface area contributed by atoms with Crippen LogP contribution in [0, 0.1) is 5.92 Å². The lowest BCUT2D eigenvalue weighted by molar-refractivity contribution is -0.126. The molecule has 0 aliphatic carbocycles. The van der Waals surface area contributed by atoms with Gasteiger partial charge in [0.2, 0.25) is 5.91 Å². The van der Waals surface area contributed by atoms with Crippen molar-refractivity contribution in [3.63, 3.8) is 0 Å². The Kier molecular flexibility index (Phi) is 9.53. The largest absolute Gasteiger partial charge is 0.352 e. The number of unbranched alkanes of at least 4 members (excludes halogenated alkanes) is 1. The average Bonchev–Trinajstić information content (AvgIpc) is 2.60. The van der Waals surface area contributed by atoms with Crippen LogP contribution in [0.5, 0.6) is 0 Å². The summed E-state index contributed by atoms with van der Waals surface area (Å²) in [5.74, 6) is 0.192. The molecule has 3 N–H and O–H groups in total. The van der Waals surface area contributed by atoms with Gasteiger partial charge in [-0.3, -0.25) is 9.59 Å². The molecule has 0 spiro atoms. The fourth-order valence-electron chi connectivity index (χ4n) is 2.96. The molecular formula is C19H30ClN3O2. The van der Waals surface area contributed by atoms with Crippen LogP contribution in [0.1, 0.15) is 55.5 Å². The van der Waals surface area contributed by atoms with Gasteiger partial charge in [0.15, 0.2) is 0 Å². The predicted octanol–water partition coefficient (Wildman–Crippen LogP) is 2.64. The molecule has 6 heteroatoms. The number of carbonyl (C=O) groups excluding carboxylic acids is 2. The van der Waals surface area contributed by atoms with E-state index in [1.165, 1.54) is 0 Å². The normalized spacial score (nSPS) is 19.6. The highest BCUT2D eigenvalue weighted by Gasteiger charge is 2.24. The van der Waals surface area contributed by atoms with Gasteiger partial charge in [-0.15, -0.1) is 12.4 Å². The number of hydrogen-bond donors (Lipinski definition) is 3. The third kappa shape index (κ3) is 7.04. The lowest BCUT2D eigenvalue weighted by atomic mass is 9.92. The summed E-state index contributed by atoms with van der Waals surface area (Å²) in [6, 6.07) is 7.84. The number of amides is 2. The first-order valence-electron chi connectivity index (χ1n) is 8.98. The van der Waals surface area contributed by atoms with Crippen molar-refractivity contribution in [1.29, 1.82) is 0 Å². The number of rotatable bonds is 7. The highest BCUT2D eigenvalue weighted by molar-refractivity contribution is 5.94. The van der Waals surface area contributed by atoms with E-state index in [-0.39, 0.29) is 30.1 Å². The van der Waals surface area contributed by atoms with E-state index >= 15 is 0 Å². The standard InChI is InChI=1S/C19H29N3O2.ClH/c1-3-4-10-21-18(23)16-7-5-15(6-8-16)13-22-19(24)17-9-11-20-14(2)12-17;/h5-8,14,17,20H,3-4,9-13H2,1-2H3,(H,21,23)(H,22,24);1H/t14-,17-;/m0./s1. The van der Waals surface area contributed by atoms with Gasteiger partial charge in [0, 0.05) is 30.6 Å². The minimum absolute atomic E-state index is 0. The maximum atomic E-state index is 12.2. The van der Waals surface area contributed by atoms with Crippen LogP contribution in [0.3, 0.4) is 0 Å². The van der Waals surface area contributed by atoms with Crippen molar-refractivity contribution in [2.75, 3.05) is 13.1 Å². The summed E-state index contributed by atoms with van der Waals surface area (Å²) in [6.45, 7) is 6.33. The summed E-state index contributed by atoms with van der Waals surface area (Å²) in [7, 11) is 0. The van der Waals surface area contributed by atoms with Crippen LogP contribution >= 0.6 is 12.4 Å². The number of nitrogens with one attached hydrogen (secondary N) is 3. The molecule has 25 heavy (non-hydrogen) atoms. The molecule has 1 aliphatic rings. The lowest BCUT2D eigenvalue weighted by Gasteiger charge is -2.27. The summed E-state index contributed by atoms with van der Waals surface area (Å²) < 4.78 is 0. The van der Waals surface area contributed by atoms with Crippen molar-refractivity contribution in [2.24, 2.45) is 5.92 Å². The van der Waals surface area contributed by atoms with E-state index in [9.17, 15) is 9.59 Å². The second-order valence-electron chi connectivity index (χ2n) is 6.60. The van der Waals surface area contributed by atoms with E-state index in [2.05, 4.69) is 29.8 Å². The van der Waals surface area contributed by atoms with Crippen LogP contribution in [0.4, 0.5) is 0 Å². The predicted molar refractivity (Wildman–Crippen MR) is 103 cm³/mol. The van der Waals surface area contributed by atoms with Gasteiger partial charge in [-0.25, -0.2) is 0 Å². The van der Waals surface area contributed by atoms with Gasteiger partial charge in [-0.05, 0) is 50.4 Å². The third-order valence-electron chi connectivity index (χ3n) is 4.49. The molecule has 1 fully saturated rings. The number of halogens is 1. The SMILES string of the molecule is CCCCNC(=O)c1ccc(CNC(=O)[C@H]2CCN[C@@H](C)C2)cc1.Cl. The van der Waals surface area contributed by atoms with Crippen molar-refractivity contribution < 1.29 is 9.59 Å². The second-order valence-corrected chi connectivity index (χ2v) is 6.60. The molecule has 2 amide bonds. The topological polar surface area (TPSA) is 70.2 Å². The minimum atomic E-state index is -0.0391.